The molecule has 0 saturated carbocycles. The second-order valence-electron chi connectivity index (χ2n) is 16.0. The molecule has 3 aromatic heterocycles. The number of benzene rings is 2. The van der Waals surface area contributed by atoms with Gasteiger partial charge in [0.15, 0.2) is 34.7 Å². The molecule has 0 spiro atoms. The van der Waals surface area contributed by atoms with Crippen LogP contribution < -0.4 is 42.5 Å². The third kappa shape index (κ3) is 20.9. The molecule has 4 amide bonds. The van der Waals surface area contributed by atoms with E-state index in [4.69, 9.17) is 22.9 Å². The summed E-state index contributed by atoms with van der Waals surface area (Å²) >= 11 is 6.23. The Morgan fingerprint density at radius 2 is 1.09 bits per heavy atom. The van der Waals surface area contributed by atoms with Crippen LogP contribution >= 0.6 is 28.7 Å². The van der Waals surface area contributed by atoms with E-state index >= 15 is 0 Å². The molecule has 2 saturated heterocycles. The number of rotatable bonds is 9. The SMILES string of the molecule is C[C@@H]1CC[C@@H](c2ccc(F)cc2)N(C(=O)C(=O)Nc2cnc(N)c(OC(F)F)c2)C1.C[C@@H]1CC[C@@H](c2ccc(F)cc2)N(C(=O)C(N)=O)C1.Nc1ncc(Br)cc1OC(F)F.Nc1ncccc1OC(F)F.[B]=NS. The van der Waals surface area contributed by atoms with E-state index in [1.165, 1.54) is 64.7 Å². The number of amides is 4. The van der Waals surface area contributed by atoms with Gasteiger partial charge in [-0.15, -0.1) is 0 Å². The van der Waals surface area contributed by atoms with E-state index in [0.29, 0.717) is 29.9 Å². The number of thiol groups is 1. The van der Waals surface area contributed by atoms with Crippen LogP contribution in [0.4, 0.5) is 58.3 Å². The minimum atomic E-state index is -3.12. The molecule has 2 aliphatic heterocycles. The number of pyridine rings is 3. The van der Waals surface area contributed by atoms with Gasteiger partial charge in [0.1, 0.15) is 11.6 Å². The van der Waals surface area contributed by atoms with E-state index in [9.17, 15) is 54.3 Å². The molecule has 4 atom stereocenters. The number of ether oxygens (including phenoxy) is 3. The van der Waals surface area contributed by atoms with Gasteiger partial charge >= 0.3 is 68.2 Å². The van der Waals surface area contributed by atoms with Crippen LogP contribution in [0.25, 0.3) is 0 Å². The zero-order valence-electron chi connectivity index (χ0n) is 39.7. The first-order valence-corrected chi connectivity index (χ1v) is 23.1. The van der Waals surface area contributed by atoms with Crippen molar-refractivity contribution in [2.24, 2.45) is 21.9 Å². The Bertz CT molecular complexity index is 2660. The number of nitrogens with two attached hydrogens (primary N) is 4. The summed E-state index contributed by atoms with van der Waals surface area (Å²) < 4.78 is 113. The van der Waals surface area contributed by atoms with Crippen LogP contribution in [0.1, 0.15) is 62.7 Å². The quantitative estimate of drug-likeness (QED) is 0.0351. The van der Waals surface area contributed by atoms with Crippen molar-refractivity contribution in [3.05, 3.63) is 119 Å². The van der Waals surface area contributed by atoms with Gasteiger partial charge in [-0.25, -0.2) is 23.7 Å². The molecule has 0 aliphatic carbocycles. The molecule has 0 bridgehead atoms. The van der Waals surface area contributed by atoms with Crippen molar-refractivity contribution in [3.63, 3.8) is 0 Å². The summed E-state index contributed by atoms with van der Waals surface area (Å²) in [6, 6.07) is 16.4. The van der Waals surface area contributed by atoms with Gasteiger partial charge in [-0.2, -0.15) is 26.3 Å². The average molecular weight is 1140 g/mol. The summed E-state index contributed by atoms with van der Waals surface area (Å²) in [7, 11) is 4.34. The zero-order valence-corrected chi connectivity index (χ0v) is 42.2. The second-order valence-corrected chi connectivity index (χ2v) is 17.2. The molecule has 0 unspecified atom stereocenters. The van der Waals surface area contributed by atoms with Crippen LogP contribution in [0.5, 0.6) is 17.2 Å². The minimum absolute atomic E-state index is 0.0124. The van der Waals surface area contributed by atoms with Crippen molar-refractivity contribution in [1.29, 1.82) is 0 Å². The number of carbonyl (C=O) groups is 4. The Hall–Kier alpha value is -7.30. The van der Waals surface area contributed by atoms with E-state index in [1.807, 2.05) is 13.8 Å². The fraction of sp³-hybridized carbons (Fsp3) is 0.326. The van der Waals surface area contributed by atoms with Gasteiger partial charge in [0, 0.05) is 36.0 Å². The Morgan fingerprint density at radius 3 is 1.53 bits per heavy atom. The molecular weight excluding hydrogens is 1090 g/mol. The van der Waals surface area contributed by atoms with Gasteiger partial charge < -0.3 is 52.3 Å². The topological polar surface area (TPSA) is 270 Å². The normalized spacial score (nSPS) is 16.7. The Balaban J connectivity index is 0.000000281. The molecule has 9 N–H and O–H groups in total. The van der Waals surface area contributed by atoms with Crippen LogP contribution in [0, 0.1) is 23.5 Å². The van der Waals surface area contributed by atoms with E-state index in [0.717, 1.165) is 42.7 Å². The van der Waals surface area contributed by atoms with Crippen molar-refractivity contribution in [2.75, 3.05) is 35.6 Å². The standard InChI is InChI=1S/C20H21F3N4O3.C14H17FN2O2.C6H5BrF2N2O.C6H6F2N2O.BHNS/c1-11-2-7-15(12-3-5-13(21)6-4-12)27(10-11)19(29)18(28)26-14-8-16(30-20(22)23)17(24)25-9-14;1-9-2-7-12(10-3-5-11(15)6-4-10)17(8-9)14(19)13(16)18;7-3-1-4(12-6(8)9)5(10)11-2-3;7-6(8)11-4-2-1-3-10-5(4)9;1-2-3/h3-6,8-9,11,15,20H,2,7,10H2,1H3,(H2,24,25)(H,26,28);3-6,9,12H,2,7-8H2,1H3,(H2,16,18);1-2,6H,(H2,10,11);1-3,6H,(H2,9,10);3H/t11-,15+;9-,12+;;;/m11.../s1. The maximum absolute atomic E-state index is 13.3. The fourth-order valence-electron chi connectivity index (χ4n) is 7.21. The molecule has 2 fully saturated rings. The molecule has 5 aromatic rings. The predicted octanol–water partition coefficient (Wildman–Crippen LogP) is 8.43. The molecule has 7 rings (SSSR count). The Kier molecular flexibility index (Phi) is 25.5. The summed E-state index contributed by atoms with van der Waals surface area (Å²) in [6.45, 7) is -4.01. The van der Waals surface area contributed by atoms with Gasteiger partial charge in [-0.1, -0.05) is 38.1 Å². The molecule has 2 aromatic carbocycles. The number of halogens is 9. The van der Waals surface area contributed by atoms with E-state index in [2.05, 4.69) is 75.2 Å². The monoisotopic (exact) mass is 1140 g/mol. The molecular formula is C46H50BBrF8N11O7S. The first kappa shape index (κ1) is 62.0. The van der Waals surface area contributed by atoms with E-state index in [1.54, 1.807) is 24.3 Å². The average Bonchev–Trinajstić information content (AvgIpc) is 3.35. The van der Waals surface area contributed by atoms with Gasteiger partial charge in [-0.05, 0) is 107 Å². The third-order valence-corrected chi connectivity index (χ3v) is 10.9. The molecule has 75 heavy (non-hydrogen) atoms. The number of likely N-dealkylation sites (tertiary alicyclic amines) is 2. The van der Waals surface area contributed by atoms with Crippen molar-refractivity contribution >= 4 is 83.2 Å². The van der Waals surface area contributed by atoms with Crippen molar-refractivity contribution in [1.82, 2.24) is 24.8 Å². The molecule has 1 radical (unpaired) electrons. The van der Waals surface area contributed by atoms with Gasteiger partial charge in [-0.3, -0.25) is 19.2 Å². The number of primary amides is 1. The number of nitrogen functional groups attached to an aromatic ring is 3. The number of carbonyl (C=O) groups excluding carboxylic acids is 4. The number of piperidine rings is 2. The van der Waals surface area contributed by atoms with E-state index in [-0.39, 0.29) is 58.5 Å². The van der Waals surface area contributed by atoms with Gasteiger partial charge in [0.2, 0.25) is 0 Å². The van der Waals surface area contributed by atoms with Crippen molar-refractivity contribution in [3.8, 4) is 17.2 Å². The molecule has 29 heteroatoms. The Labute approximate surface area is 439 Å². The van der Waals surface area contributed by atoms with Crippen LogP contribution in [0.2, 0.25) is 0 Å². The molecule has 2 aliphatic rings. The summed E-state index contributed by atoms with van der Waals surface area (Å²) in [4.78, 5) is 62.2. The number of hydrogen-bond donors (Lipinski definition) is 6. The number of nitrogens with one attached hydrogen (secondary N) is 1. The maximum atomic E-state index is 13.3. The molecule has 18 nitrogen and oxygen atoms in total. The molecule has 403 valence electrons. The number of aromatic nitrogens is 3. The first-order valence-electron chi connectivity index (χ1n) is 21.9. The predicted molar refractivity (Wildman–Crippen MR) is 267 cm³/mol. The third-order valence-electron chi connectivity index (χ3n) is 10.5. The Morgan fingerprint density at radius 1 is 0.680 bits per heavy atom. The van der Waals surface area contributed by atoms with Crippen LogP contribution in [-0.4, -0.2) is 88.9 Å². The first-order chi connectivity index (χ1) is 35.4. The number of anilines is 4. The van der Waals surface area contributed by atoms with Crippen LogP contribution in [-0.2, 0) is 19.2 Å². The zero-order chi connectivity index (χ0) is 55.9. The summed E-state index contributed by atoms with van der Waals surface area (Å²) in [5.74, 6) is -4.54. The summed E-state index contributed by atoms with van der Waals surface area (Å²) in [5, 5.41) is 2.34. The van der Waals surface area contributed by atoms with Gasteiger partial charge in [0.25, 0.3) is 0 Å². The second kappa shape index (κ2) is 30.8. The van der Waals surface area contributed by atoms with Crippen molar-refractivity contribution in [2.45, 2.75) is 71.4 Å². The van der Waals surface area contributed by atoms with Crippen LogP contribution in [0.3, 0.4) is 0 Å². The van der Waals surface area contributed by atoms with Crippen LogP contribution in [0.15, 0.2) is 100 Å². The number of nitrogens with zero attached hydrogens (tertiary/aromatic N) is 6. The molecule has 5 heterocycles. The van der Waals surface area contributed by atoms with Gasteiger partial charge in [0.05, 0.1) is 24.0 Å². The summed E-state index contributed by atoms with van der Waals surface area (Å²) in [6.07, 6.45) is 7.12. The number of alkyl halides is 6. The van der Waals surface area contributed by atoms with Crippen molar-refractivity contribution < 1.29 is 68.5 Å². The fourth-order valence-corrected chi connectivity index (χ4v) is 7.52. The number of hydrogen-bond acceptors (Lipinski definition) is 15. The van der Waals surface area contributed by atoms with E-state index < -0.39 is 55.0 Å². The summed E-state index contributed by atoms with van der Waals surface area (Å²) in [5.41, 5.74) is 22.6.